The summed E-state index contributed by atoms with van der Waals surface area (Å²) in [6.45, 7) is 0. The van der Waals surface area contributed by atoms with E-state index >= 15 is 0 Å². The van der Waals surface area contributed by atoms with Crippen molar-refractivity contribution in [3.63, 3.8) is 0 Å². The maximum atomic E-state index is 11.7. The number of carbonyl (C=O) groups excluding carboxylic acids is 2. The predicted octanol–water partition coefficient (Wildman–Crippen LogP) is 1.74. The van der Waals surface area contributed by atoms with Crippen LogP contribution in [0.5, 0.6) is 0 Å². The molecule has 0 aromatic carbocycles. The Morgan fingerprint density at radius 1 is 1.45 bits per heavy atom. The van der Waals surface area contributed by atoms with Gasteiger partial charge in [-0.3, -0.25) is 14.9 Å². The second-order valence-corrected chi connectivity index (χ2v) is 5.24. The van der Waals surface area contributed by atoms with Crippen LogP contribution >= 0.6 is 23.1 Å². The lowest BCUT2D eigenvalue weighted by Crippen LogP contribution is -2.11. The van der Waals surface area contributed by atoms with Gasteiger partial charge in [-0.15, -0.1) is 11.3 Å². The number of aryl methyl sites for hydroxylation is 1. The summed E-state index contributed by atoms with van der Waals surface area (Å²) in [7, 11) is 1.37. The molecule has 0 unspecified atom stereocenters. The fraction of sp³-hybridized carbons (Fsp3) is 0.364. The highest BCUT2D eigenvalue weighted by molar-refractivity contribution is 7.14. The Labute approximate surface area is 123 Å². The number of ether oxygens (including phenoxy) is 1. The van der Waals surface area contributed by atoms with Gasteiger partial charge in [-0.1, -0.05) is 0 Å². The molecular weight excluding hydrogens is 300 g/mol. The highest BCUT2D eigenvalue weighted by Crippen LogP contribution is 2.17. The molecule has 0 bridgehead atoms. The Balaban J connectivity index is 1.83. The number of amides is 1. The van der Waals surface area contributed by atoms with Crippen molar-refractivity contribution in [2.75, 3.05) is 12.4 Å². The Morgan fingerprint density at radius 2 is 2.30 bits per heavy atom. The molecule has 106 valence electrons. The molecule has 9 heteroatoms. The SMILES string of the molecule is COC(=O)CCCc1csc(NC(=O)c2cnsn2)n1. The van der Waals surface area contributed by atoms with Crippen LogP contribution < -0.4 is 5.32 Å². The molecule has 0 aliphatic rings. The molecule has 7 nitrogen and oxygen atoms in total. The standard InChI is InChI=1S/C11H12N4O3S2/c1-18-9(16)4-2-3-7-6-19-11(13-7)14-10(17)8-5-12-20-15-8/h5-6H,2-4H2,1H3,(H,13,14,17). The van der Waals surface area contributed by atoms with E-state index < -0.39 is 0 Å². The van der Waals surface area contributed by atoms with Crippen LogP contribution in [0, 0.1) is 0 Å². The van der Waals surface area contributed by atoms with Crippen molar-refractivity contribution in [2.24, 2.45) is 0 Å². The zero-order valence-electron chi connectivity index (χ0n) is 10.7. The van der Waals surface area contributed by atoms with Crippen molar-refractivity contribution in [1.82, 2.24) is 13.7 Å². The second-order valence-electron chi connectivity index (χ2n) is 3.82. The van der Waals surface area contributed by atoms with Crippen molar-refractivity contribution in [2.45, 2.75) is 19.3 Å². The van der Waals surface area contributed by atoms with E-state index in [0.29, 0.717) is 24.4 Å². The third-order valence-corrected chi connectivity index (χ3v) is 3.69. The molecule has 0 aliphatic heterocycles. The number of hydrogen-bond acceptors (Lipinski definition) is 8. The number of rotatable bonds is 6. The molecule has 0 saturated heterocycles. The second kappa shape index (κ2) is 7.06. The molecule has 1 N–H and O–H groups in total. The number of anilines is 1. The van der Waals surface area contributed by atoms with Gasteiger partial charge in [-0.2, -0.15) is 8.75 Å². The molecule has 0 spiro atoms. The molecule has 20 heavy (non-hydrogen) atoms. The third-order valence-electron chi connectivity index (χ3n) is 2.41. The predicted molar refractivity (Wildman–Crippen MR) is 74.9 cm³/mol. The van der Waals surface area contributed by atoms with E-state index in [9.17, 15) is 9.59 Å². The minimum absolute atomic E-state index is 0.232. The van der Waals surface area contributed by atoms with Crippen LogP contribution in [-0.4, -0.2) is 32.7 Å². The Kier molecular flexibility index (Phi) is 5.13. The van der Waals surface area contributed by atoms with Gasteiger partial charge in [-0.05, 0) is 12.8 Å². The molecular formula is C11H12N4O3S2. The molecule has 0 saturated carbocycles. The number of nitrogens with one attached hydrogen (secondary N) is 1. The molecule has 2 aromatic rings. The number of esters is 1. The summed E-state index contributed by atoms with van der Waals surface area (Å²) in [5.74, 6) is -0.556. The first-order valence-electron chi connectivity index (χ1n) is 5.79. The maximum Gasteiger partial charge on any atom is 0.305 e. The number of thiazole rings is 1. The topological polar surface area (TPSA) is 94.1 Å². The maximum absolute atomic E-state index is 11.7. The minimum atomic E-state index is -0.325. The number of carbonyl (C=O) groups is 2. The summed E-state index contributed by atoms with van der Waals surface area (Å²) >= 11 is 2.31. The van der Waals surface area contributed by atoms with Crippen LogP contribution in [0.15, 0.2) is 11.6 Å². The molecule has 2 aromatic heterocycles. The lowest BCUT2D eigenvalue weighted by atomic mass is 10.2. The Hall–Kier alpha value is -1.87. The van der Waals surface area contributed by atoms with E-state index in [1.807, 2.05) is 5.38 Å². The Bertz CT molecular complexity index is 582. The molecule has 0 fully saturated rings. The molecule has 0 atom stereocenters. The van der Waals surface area contributed by atoms with Gasteiger partial charge in [0, 0.05) is 11.8 Å². The van der Waals surface area contributed by atoms with Crippen LogP contribution in [0.4, 0.5) is 5.13 Å². The van der Waals surface area contributed by atoms with Crippen LogP contribution in [0.3, 0.4) is 0 Å². The first-order valence-corrected chi connectivity index (χ1v) is 7.40. The Morgan fingerprint density at radius 3 is 3.00 bits per heavy atom. The molecule has 1 amide bonds. The first-order chi connectivity index (χ1) is 9.69. The normalized spacial score (nSPS) is 10.2. The van der Waals surface area contributed by atoms with Gasteiger partial charge < -0.3 is 4.74 Å². The lowest BCUT2D eigenvalue weighted by Gasteiger charge is -1.98. The van der Waals surface area contributed by atoms with Crippen LogP contribution in [-0.2, 0) is 16.0 Å². The highest BCUT2D eigenvalue weighted by Gasteiger charge is 2.11. The van der Waals surface area contributed by atoms with Gasteiger partial charge in [0.05, 0.1) is 30.7 Å². The van der Waals surface area contributed by atoms with Crippen LogP contribution in [0.25, 0.3) is 0 Å². The summed E-state index contributed by atoms with van der Waals surface area (Å²) in [6, 6.07) is 0. The summed E-state index contributed by atoms with van der Waals surface area (Å²) in [6.07, 6.45) is 3.10. The zero-order valence-corrected chi connectivity index (χ0v) is 12.3. The van der Waals surface area contributed by atoms with Crippen molar-refractivity contribution in [3.8, 4) is 0 Å². The average molecular weight is 312 g/mol. The number of methoxy groups -OCH3 is 1. The molecule has 2 rings (SSSR count). The van der Waals surface area contributed by atoms with E-state index in [1.165, 1.54) is 24.6 Å². The fourth-order valence-electron chi connectivity index (χ4n) is 1.42. The van der Waals surface area contributed by atoms with Gasteiger partial charge >= 0.3 is 5.97 Å². The van der Waals surface area contributed by atoms with Crippen molar-refractivity contribution in [3.05, 3.63) is 23.0 Å². The van der Waals surface area contributed by atoms with Crippen LogP contribution in [0.2, 0.25) is 0 Å². The summed E-state index contributed by atoms with van der Waals surface area (Å²) < 4.78 is 12.2. The number of aromatic nitrogens is 3. The van der Waals surface area contributed by atoms with Crippen molar-refractivity contribution >= 4 is 40.1 Å². The van der Waals surface area contributed by atoms with Gasteiger partial charge in [0.1, 0.15) is 0 Å². The van der Waals surface area contributed by atoms with E-state index in [4.69, 9.17) is 0 Å². The summed E-state index contributed by atoms with van der Waals surface area (Å²) in [5, 5.41) is 5.02. The molecule has 0 aliphatic carbocycles. The van der Waals surface area contributed by atoms with Crippen molar-refractivity contribution in [1.29, 1.82) is 0 Å². The minimum Gasteiger partial charge on any atom is -0.469 e. The zero-order chi connectivity index (χ0) is 14.4. The fourth-order valence-corrected chi connectivity index (χ4v) is 2.57. The van der Waals surface area contributed by atoms with Crippen molar-refractivity contribution < 1.29 is 14.3 Å². The highest BCUT2D eigenvalue weighted by atomic mass is 32.1. The van der Waals surface area contributed by atoms with Gasteiger partial charge in [0.25, 0.3) is 5.91 Å². The van der Waals surface area contributed by atoms with E-state index in [2.05, 4.69) is 23.8 Å². The van der Waals surface area contributed by atoms with Gasteiger partial charge in [0.2, 0.25) is 0 Å². The molecule has 2 heterocycles. The number of nitrogens with zero attached hydrogens (tertiary/aromatic N) is 3. The average Bonchev–Trinajstić information content (AvgIpc) is 3.10. The van der Waals surface area contributed by atoms with E-state index in [-0.39, 0.29) is 17.6 Å². The smallest absolute Gasteiger partial charge is 0.305 e. The molecule has 0 radical (unpaired) electrons. The largest absolute Gasteiger partial charge is 0.469 e. The van der Waals surface area contributed by atoms with E-state index in [1.54, 1.807) is 0 Å². The van der Waals surface area contributed by atoms with Crippen LogP contribution in [0.1, 0.15) is 29.0 Å². The van der Waals surface area contributed by atoms with Gasteiger partial charge in [-0.25, -0.2) is 4.98 Å². The summed E-state index contributed by atoms with van der Waals surface area (Å²) in [5.41, 5.74) is 1.11. The first kappa shape index (κ1) is 14.5. The van der Waals surface area contributed by atoms with E-state index in [0.717, 1.165) is 17.4 Å². The van der Waals surface area contributed by atoms with Gasteiger partial charge in [0.15, 0.2) is 10.8 Å². The monoisotopic (exact) mass is 312 g/mol. The third kappa shape index (κ3) is 4.07. The summed E-state index contributed by atoms with van der Waals surface area (Å²) in [4.78, 5) is 27.0. The number of hydrogen-bond donors (Lipinski definition) is 1. The lowest BCUT2D eigenvalue weighted by molar-refractivity contribution is -0.140. The quantitative estimate of drug-likeness (QED) is 0.817.